The Hall–Kier alpha value is -1.17. The maximum atomic E-state index is 9.33. The standard InChI is InChI=1S/C16H24BNO3/c1-12(19)10-14-7-6-13(11-18-14)8-9-17-20-15(2,3)16(4,5)21-17/h6-9,11-12,19H,10H2,1-5H3/b9-8+. The van der Waals surface area contributed by atoms with Gasteiger partial charge in [0, 0.05) is 18.3 Å². The molecule has 1 aromatic rings. The summed E-state index contributed by atoms with van der Waals surface area (Å²) in [6.07, 6.45) is 3.94. The minimum absolute atomic E-state index is 0.318. The highest BCUT2D eigenvalue weighted by molar-refractivity contribution is 6.52. The summed E-state index contributed by atoms with van der Waals surface area (Å²) in [4.78, 5) is 4.33. The van der Waals surface area contributed by atoms with Crippen molar-refractivity contribution in [1.29, 1.82) is 0 Å². The van der Waals surface area contributed by atoms with Crippen molar-refractivity contribution in [3.8, 4) is 0 Å². The molecule has 0 saturated carbocycles. The maximum absolute atomic E-state index is 9.33. The third-order valence-corrected chi connectivity index (χ3v) is 4.07. The summed E-state index contributed by atoms with van der Waals surface area (Å²) < 4.78 is 11.8. The van der Waals surface area contributed by atoms with Crippen molar-refractivity contribution in [3.05, 3.63) is 35.6 Å². The van der Waals surface area contributed by atoms with Crippen LogP contribution in [0.25, 0.3) is 6.08 Å². The number of aliphatic hydroxyl groups is 1. The van der Waals surface area contributed by atoms with Crippen LogP contribution in [0.3, 0.4) is 0 Å². The van der Waals surface area contributed by atoms with Gasteiger partial charge in [-0.1, -0.05) is 18.1 Å². The minimum atomic E-state index is -0.372. The van der Waals surface area contributed by atoms with Crippen LogP contribution in [0.2, 0.25) is 0 Å². The molecule has 2 rings (SSSR count). The smallest absolute Gasteiger partial charge is 0.400 e. The fraction of sp³-hybridized carbons (Fsp3) is 0.562. The van der Waals surface area contributed by atoms with Crippen molar-refractivity contribution in [2.75, 3.05) is 0 Å². The first-order valence-corrected chi connectivity index (χ1v) is 7.36. The van der Waals surface area contributed by atoms with Crippen molar-refractivity contribution in [2.24, 2.45) is 0 Å². The molecule has 2 heterocycles. The fourth-order valence-electron chi connectivity index (χ4n) is 2.11. The molecule has 1 atom stereocenters. The van der Waals surface area contributed by atoms with E-state index in [1.807, 2.05) is 51.9 Å². The van der Waals surface area contributed by atoms with Crippen LogP contribution in [0.15, 0.2) is 24.3 Å². The van der Waals surface area contributed by atoms with Gasteiger partial charge in [-0.3, -0.25) is 4.98 Å². The van der Waals surface area contributed by atoms with Gasteiger partial charge in [0.1, 0.15) is 0 Å². The van der Waals surface area contributed by atoms with Crippen LogP contribution in [-0.4, -0.2) is 34.5 Å². The molecule has 4 nitrogen and oxygen atoms in total. The number of hydrogen-bond acceptors (Lipinski definition) is 4. The predicted molar refractivity (Wildman–Crippen MR) is 84.7 cm³/mol. The van der Waals surface area contributed by atoms with Crippen molar-refractivity contribution in [1.82, 2.24) is 4.98 Å². The summed E-state index contributed by atoms with van der Waals surface area (Å²) in [5.41, 5.74) is 1.24. The van der Waals surface area contributed by atoms with E-state index in [-0.39, 0.29) is 24.4 Å². The molecule has 0 bridgehead atoms. The Balaban J connectivity index is 1.99. The zero-order chi connectivity index (χ0) is 15.7. The zero-order valence-corrected chi connectivity index (χ0v) is 13.5. The Morgan fingerprint density at radius 2 is 1.86 bits per heavy atom. The number of aromatic nitrogens is 1. The first-order valence-electron chi connectivity index (χ1n) is 7.36. The summed E-state index contributed by atoms with van der Waals surface area (Å²) in [5.74, 6) is 1.90. The second-order valence-electron chi connectivity index (χ2n) is 6.62. The van der Waals surface area contributed by atoms with Gasteiger partial charge in [0.15, 0.2) is 0 Å². The molecule has 1 aliphatic heterocycles. The van der Waals surface area contributed by atoms with Gasteiger partial charge in [-0.15, -0.1) is 0 Å². The summed E-state index contributed by atoms with van der Waals surface area (Å²) >= 11 is 0. The van der Waals surface area contributed by atoms with Crippen LogP contribution >= 0.6 is 0 Å². The van der Waals surface area contributed by atoms with E-state index >= 15 is 0 Å². The lowest BCUT2D eigenvalue weighted by atomic mass is 9.89. The molecule has 1 unspecified atom stereocenters. The van der Waals surface area contributed by atoms with E-state index in [4.69, 9.17) is 9.31 Å². The molecule has 1 saturated heterocycles. The highest BCUT2D eigenvalue weighted by Gasteiger charge is 2.49. The summed E-state index contributed by atoms with van der Waals surface area (Å²) in [7, 11) is -0.341. The highest BCUT2D eigenvalue weighted by atomic mass is 16.7. The first kappa shape index (κ1) is 16.2. The van der Waals surface area contributed by atoms with Crippen LogP contribution in [0, 0.1) is 0 Å². The van der Waals surface area contributed by atoms with Gasteiger partial charge in [-0.05, 0) is 46.2 Å². The van der Waals surface area contributed by atoms with Gasteiger partial charge >= 0.3 is 7.12 Å². The summed E-state index contributed by atoms with van der Waals surface area (Å²) in [6, 6.07) is 3.91. The number of pyridine rings is 1. The van der Waals surface area contributed by atoms with Gasteiger partial charge < -0.3 is 14.4 Å². The number of hydrogen-bond donors (Lipinski definition) is 1. The minimum Gasteiger partial charge on any atom is -0.400 e. The van der Waals surface area contributed by atoms with Crippen molar-refractivity contribution < 1.29 is 14.4 Å². The molecule has 1 fully saturated rings. The summed E-state index contributed by atoms with van der Waals surface area (Å²) in [6.45, 7) is 9.90. The molecule has 0 aliphatic carbocycles. The molecule has 5 heteroatoms. The second kappa shape index (κ2) is 5.91. The van der Waals surface area contributed by atoms with Crippen LogP contribution in [0.5, 0.6) is 0 Å². The van der Waals surface area contributed by atoms with E-state index in [2.05, 4.69) is 4.98 Å². The SMILES string of the molecule is CC(O)Cc1ccc(/C=C/B2OC(C)(C)C(C)(C)O2)cn1. The van der Waals surface area contributed by atoms with Crippen LogP contribution in [0.4, 0.5) is 0 Å². The number of nitrogens with zero attached hydrogens (tertiary/aromatic N) is 1. The summed E-state index contributed by atoms with van der Waals surface area (Å²) in [5, 5.41) is 9.33. The average Bonchev–Trinajstić information content (AvgIpc) is 2.56. The Bertz CT molecular complexity index is 493. The molecule has 1 N–H and O–H groups in total. The molecule has 0 radical (unpaired) electrons. The Morgan fingerprint density at radius 3 is 2.33 bits per heavy atom. The van der Waals surface area contributed by atoms with E-state index in [0.717, 1.165) is 11.3 Å². The van der Waals surface area contributed by atoms with Gasteiger partial charge in [-0.25, -0.2) is 0 Å². The molecule has 21 heavy (non-hydrogen) atoms. The second-order valence-corrected chi connectivity index (χ2v) is 6.62. The number of aliphatic hydroxyl groups excluding tert-OH is 1. The Kier molecular flexibility index (Phi) is 4.56. The lowest BCUT2D eigenvalue weighted by molar-refractivity contribution is 0.00578. The largest absolute Gasteiger partial charge is 0.487 e. The number of rotatable bonds is 4. The van der Waals surface area contributed by atoms with E-state index in [9.17, 15) is 5.11 Å². The quantitative estimate of drug-likeness (QED) is 0.866. The molecule has 0 spiro atoms. The first-order chi connectivity index (χ1) is 9.69. The maximum Gasteiger partial charge on any atom is 0.487 e. The predicted octanol–water partition coefficient (Wildman–Crippen LogP) is 2.65. The van der Waals surface area contributed by atoms with Crippen LogP contribution in [-0.2, 0) is 15.7 Å². The Morgan fingerprint density at radius 1 is 1.24 bits per heavy atom. The van der Waals surface area contributed by atoms with E-state index in [1.165, 1.54) is 0 Å². The zero-order valence-electron chi connectivity index (χ0n) is 13.5. The van der Waals surface area contributed by atoms with Gasteiger partial charge in [-0.2, -0.15) is 0 Å². The Labute approximate surface area is 127 Å². The van der Waals surface area contributed by atoms with E-state index in [0.29, 0.717) is 6.42 Å². The molecule has 1 aliphatic rings. The van der Waals surface area contributed by atoms with E-state index < -0.39 is 0 Å². The molecule has 0 amide bonds. The van der Waals surface area contributed by atoms with E-state index in [1.54, 1.807) is 13.1 Å². The monoisotopic (exact) mass is 289 g/mol. The van der Waals surface area contributed by atoms with Crippen LogP contribution in [0.1, 0.15) is 45.9 Å². The third kappa shape index (κ3) is 3.93. The lowest BCUT2D eigenvalue weighted by Gasteiger charge is -2.32. The van der Waals surface area contributed by atoms with Gasteiger partial charge in [0.05, 0.1) is 17.3 Å². The van der Waals surface area contributed by atoms with Crippen molar-refractivity contribution in [2.45, 2.75) is 58.3 Å². The average molecular weight is 289 g/mol. The van der Waals surface area contributed by atoms with Crippen molar-refractivity contribution in [3.63, 3.8) is 0 Å². The molecular formula is C16H24BNO3. The molecule has 0 aromatic carbocycles. The lowest BCUT2D eigenvalue weighted by Crippen LogP contribution is -2.41. The van der Waals surface area contributed by atoms with Crippen molar-refractivity contribution >= 4 is 13.2 Å². The fourth-order valence-corrected chi connectivity index (χ4v) is 2.11. The molecule has 1 aromatic heterocycles. The van der Waals surface area contributed by atoms with Gasteiger partial charge in [0.25, 0.3) is 0 Å². The van der Waals surface area contributed by atoms with Crippen LogP contribution < -0.4 is 0 Å². The molecule has 114 valence electrons. The normalized spacial score (nSPS) is 21.9. The molecular weight excluding hydrogens is 265 g/mol. The third-order valence-electron chi connectivity index (χ3n) is 4.07. The topological polar surface area (TPSA) is 51.6 Å². The highest BCUT2D eigenvalue weighted by Crippen LogP contribution is 2.36. The van der Waals surface area contributed by atoms with Gasteiger partial charge in [0.2, 0.25) is 0 Å².